The molecule has 4 rings (SSSR count). The molecule has 158 valence electrons. The summed E-state index contributed by atoms with van der Waals surface area (Å²) in [5.41, 5.74) is 3.13. The number of thiophene rings is 1. The SMILES string of the molecule is CC(CN1CCOCC1)N(Cc1ccccc1)C(=O)Cc1csc(-c2ccsc2)n1. The Kier molecular flexibility index (Phi) is 7.28. The van der Waals surface area contributed by atoms with E-state index in [1.807, 2.05) is 28.5 Å². The highest BCUT2D eigenvalue weighted by atomic mass is 32.1. The third-order valence-corrected chi connectivity index (χ3v) is 6.95. The average molecular weight is 442 g/mol. The van der Waals surface area contributed by atoms with Crippen LogP contribution in [0.5, 0.6) is 0 Å². The molecule has 1 aliphatic heterocycles. The highest BCUT2D eigenvalue weighted by Gasteiger charge is 2.24. The molecule has 0 aliphatic carbocycles. The summed E-state index contributed by atoms with van der Waals surface area (Å²) in [6.45, 7) is 7.01. The zero-order valence-electron chi connectivity index (χ0n) is 17.2. The smallest absolute Gasteiger partial charge is 0.229 e. The van der Waals surface area contributed by atoms with Gasteiger partial charge in [0.1, 0.15) is 5.01 Å². The van der Waals surface area contributed by atoms with Gasteiger partial charge in [0.05, 0.1) is 25.3 Å². The van der Waals surface area contributed by atoms with Gasteiger partial charge in [0.2, 0.25) is 5.91 Å². The van der Waals surface area contributed by atoms with Crippen LogP contribution in [-0.4, -0.2) is 59.6 Å². The Morgan fingerprint density at radius 2 is 2.00 bits per heavy atom. The van der Waals surface area contributed by atoms with Crippen LogP contribution in [0, 0.1) is 0 Å². The number of aromatic nitrogens is 1. The third-order valence-electron chi connectivity index (χ3n) is 5.33. The number of nitrogens with zero attached hydrogens (tertiary/aromatic N) is 3. The Hall–Kier alpha value is -2.06. The van der Waals surface area contributed by atoms with Gasteiger partial charge in [0, 0.05) is 48.5 Å². The highest BCUT2D eigenvalue weighted by molar-refractivity contribution is 7.14. The van der Waals surface area contributed by atoms with E-state index in [1.165, 1.54) is 0 Å². The van der Waals surface area contributed by atoms with Crippen LogP contribution in [0.15, 0.2) is 52.5 Å². The Morgan fingerprint density at radius 1 is 1.20 bits per heavy atom. The van der Waals surface area contributed by atoms with Gasteiger partial charge in [-0.15, -0.1) is 11.3 Å². The third kappa shape index (κ3) is 5.55. The van der Waals surface area contributed by atoms with Gasteiger partial charge >= 0.3 is 0 Å². The Balaban J connectivity index is 1.46. The Morgan fingerprint density at radius 3 is 2.73 bits per heavy atom. The van der Waals surface area contributed by atoms with Crippen molar-refractivity contribution in [3.63, 3.8) is 0 Å². The topological polar surface area (TPSA) is 45.7 Å². The number of ether oxygens (including phenoxy) is 1. The summed E-state index contributed by atoms with van der Waals surface area (Å²) in [4.78, 5) is 22.4. The molecule has 3 heterocycles. The first-order chi connectivity index (χ1) is 14.7. The van der Waals surface area contributed by atoms with E-state index < -0.39 is 0 Å². The minimum absolute atomic E-state index is 0.116. The number of carbonyl (C=O) groups excluding carboxylic acids is 1. The van der Waals surface area contributed by atoms with Crippen LogP contribution < -0.4 is 0 Å². The number of thiazole rings is 1. The predicted molar refractivity (Wildman–Crippen MR) is 123 cm³/mol. The van der Waals surface area contributed by atoms with Crippen LogP contribution in [0.2, 0.25) is 0 Å². The molecule has 0 radical (unpaired) electrons. The van der Waals surface area contributed by atoms with Gasteiger partial charge < -0.3 is 9.64 Å². The van der Waals surface area contributed by atoms with Crippen LogP contribution >= 0.6 is 22.7 Å². The van der Waals surface area contributed by atoms with Crippen LogP contribution in [0.1, 0.15) is 18.2 Å². The molecule has 1 amide bonds. The van der Waals surface area contributed by atoms with Gasteiger partial charge in [-0.1, -0.05) is 30.3 Å². The van der Waals surface area contributed by atoms with Gasteiger partial charge in [0.25, 0.3) is 0 Å². The van der Waals surface area contributed by atoms with Crippen molar-refractivity contribution in [3.8, 4) is 10.6 Å². The normalized spacial score (nSPS) is 15.8. The molecule has 1 unspecified atom stereocenters. The molecular weight excluding hydrogens is 414 g/mol. The molecule has 2 aromatic heterocycles. The number of morpholine rings is 1. The van der Waals surface area contributed by atoms with E-state index in [0.717, 1.165) is 54.7 Å². The molecule has 1 saturated heterocycles. The predicted octanol–water partition coefficient (Wildman–Crippen LogP) is 4.16. The molecule has 0 bridgehead atoms. The fourth-order valence-corrected chi connectivity index (χ4v) is 5.22. The molecule has 1 fully saturated rings. The van der Waals surface area contributed by atoms with Gasteiger partial charge in [-0.05, 0) is 23.9 Å². The van der Waals surface area contributed by atoms with Crippen LogP contribution in [0.25, 0.3) is 10.6 Å². The molecule has 5 nitrogen and oxygen atoms in total. The van der Waals surface area contributed by atoms with Crippen LogP contribution in [-0.2, 0) is 22.5 Å². The van der Waals surface area contributed by atoms with Crippen LogP contribution in [0.4, 0.5) is 0 Å². The van der Waals surface area contributed by atoms with Crippen molar-refractivity contribution >= 4 is 28.6 Å². The number of rotatable bonds is 8. The molecule has 1 aliphatic rings. The summed E-state index contributed by atoms with van der Waals surface area (Å²) in [5, 5.41) is 7.14. The van der Waals surface area contributed by atoms with E-state index in [1.54, 1.807) is 22.7 Å². The van der Waals surface area contributed by atoms with E-state index >= 15 is 0 Å². The summed E-state index contributed by atoms with van der Waals surface area (Å²) < 4.78 is 5.47. The zero-order valence-corrected chi connectivity index (χ0v) is 18.8. The molecule has 1 atom stereocenters. The van der Waals surface area contributed by atoms with Gasteiger partial charge in [-0.25, -0.2) is 4.98 Å². The molecular formula is C23H27N3O2S2. The largest absolute Gasteiger partial charge is 0.379 e. The van der Waals surface area contributed by atoms with Crippen molar-refractivity contribution in [1.82, 2.24) is 14.8 Å². The van der Waals surface area contributed by atoms with Crippen molar-refractivity contribution < 1.29 is 9.53 Å². The van der Waals surface area contributed by atoms with Crippen molar-refractivity contribution in [2.24, 2.45) is 0 Å². The Labute approximate surface area is 185 Å². The molecule has 0 N–H and O–H groups in total. The lowest BCUT2D eigenvalue weighted by molar-refractivity contribution is -0.133. The lowest BCUT2D eigenvalue weighted by Crippen LogP contribution is -2.48. The molecule has 0 saturated carbocycles. The highest BCUT2D eigenvalue weighted by Crippen LogP contribution is 2.26. The molecule has 30 heavy (non-hydrogen) atoms. The molecule has 1 aromatic carbocycles. The van der Waals surface area contributed by atoms with Gasteiger partial charge in [0.15, 0.2) is 0 Å². The zero-order chi connectivity index (χ0) is 20.8. The van der Waals surface area contributed by atoms with E-state index in [0.29, 0.717) is 13.0 Å². The summed E-state index contributed by atoms with van der Waals surface area (Å²) >= 11 is 3.27. The second kappa shape index (κ2) is 10.3. The monoisotopic (exact) mass is 441 g/mol. The van der Waals surface area contributed by atoms with Crippen LogP contribution in [0.3, 0.4) is 0 Å². The molecule has 7 heteroatoms. The minimum Gasteiger partial charge on any atom is -0.379 e. The summed E-state index contributed by atoms with van der Waals surface area (Å²) in [7, 11) is 0. The van der Waals surface area contributed by atoms with Crippen molar-refractivity contribution in [3.05, 3.63) is 63.8 Å². The summed E-state index contributed by atoms with van der Waals surface area (Å²) in [5.74, 6) is 0.127. The lowest BCUT2D eigenvalue weighted by Gasteiger charge is -2.35. The second-order valence-corrected chi connectivity index (χ2v) is 9.24. The maximum atomic E-state index is 13.3. The maximum Gasteiger partial charge on any atom is 0.229 e. The fourth-order valence-electron chi connectivity index (χ4n) is 3.69. The number of amides is 1. The second-order valence-electron chi connectivity index (χ2n) is 7.60. The van der Waals surface area contributed by atoms with E-state index in [2.05, 4.69) is 40.8 Å². The first-order valence-electron chi connectivity index (χ1n) is 10.3. The number of hydrogen-bond acceptors (Lipinski definition) is 6. The van der Waals surface area contributed by atoms with Gasteiger partial charge in [-0.3, -0.25) is 9.69 Å². The van der Waals surface area contributed by atoms with Crippen molar-refractivity contribution in [1.29, 1.82) is 0 Å². The summed E-state index contributed by atoms with van der Waals surface area (Å²) in [6.07, 6.45) is 0.334. The average Bonchev–Trinajstić information content (AvgIpc) is 3.45. The molecule has 0 spiro atoms. The minimum atomic E-state index is 0.116. The number of benzene rings is 1. The Bertz CT molecular complexity index is 921. The lowest BCUT2D eigenvalue weighted by atomic mass is 10.1. The van der Waals surface area contributed by atoms with Crippen molar-refractivity contribution in [2.75, 3.05) is 32.8 Å². The number of carbonyl (C=O) groups is 1. The van der Waals surface area contributed by atoms with Crippen molar-refractivity contribution in [2.45, 2.75) is 25.9 Å². The first-order valence-corrected chi connectivity index (χ1v) is 12.1. The quantitative estimate of drug-likeness (QED) is 0.527. The van der Waals surface area contributed by atoms with Gasteiger partial charge in [-0.2, -0.15) is 11.3 Å². The first kappa shape index (κ1) is 21.2. The maximum absolute atomic E-state index is 13.3. The standard InChI is InChI=1S/C23H27N3O2S2/c1-18(14-25-8-10-28-11-9-25)26(15-19-5-3-2-4-6-19)22(27)13-21-17-30-23(24-21)20-7-12-29-16-20/h2-7,12,16-18H,8-11,13-15H2,1H3. The van der Waals surface area contributed by atoms with E-state index in [4.69, 9.17) is 9.72 Å². The number of hydrogen-bond donors (Lipinski definition) is 0. The molecule has 3 aromatic rings. The van der Waals surface area contributed by atoms with E-state index in [-0.39, 0.29) is 11.9 Å². The van der Waals surface area contributed by atoms with E-state index in [9.17, 15) is 4.79 Å². The fraction of sp³-hybridized carbons (Fsp3) is 0.391. The summed E-state index contributed by atoms with van der Waals surface area (Å²) in [6, 6.07) is 12.4.